The predicted octanol–water partition coefficient (Wildman–Crippen LogP) is 2.20. The van der Waals surface area contributed by atoms with Gasteiger partial charge in [-0.25, -0.2) is 4.39 Å². The van der Waals surface area contributed by atoms with Gasteiger partial charge in [0, 0.05) is 50.8 Å². The van der Waals surface area contributed by atoms with Crippen LogP contribution in [0.15, 0.2) is 36.7 Å². The number of likely N-dealkylation sites (tertiary alicyclic amines) is 1. The highest BCUT2D eigenvalue weighted by atomic mass is 19.1. The van der Waals surface area contributed by atoms with E-state index in [0.717, 1.165) is 43.6 Å². The molecule has 3 heterocycles. The quantitative estimate of drug-likeness (QED) is 0.930. The van der Waals surface area contributed by atoms with E-state index >= 15 is 0 Å². The molecule has 0 unspecified atom stereocenters. The maximum atomic E-state index is 13.4. The van der Waals surface area contributed by atoms with Crippen LogP contribution < -0.4 is 5.32 Å². The summed E-state index contributed by atoms with van der Waals surface area (Å²) >= 11 is 0. The van der Waals surface area contributed by atoms with E-state index in [2.05, 4.69) is 15.3 Å². The van der Waals surface area contributed by atoms with Crippen molar-refractivity contribution in [2.24, 2.45) is 7.05 Å². The van der Waals surface area contributed by atoms with Gasteiger partial charge in [-0.2, -0.15) is 5.10 Å². The molecule has 2 fully saturated rings. The van der Waals surface area contributed by atoms with Crippen LogP contribution in [0.2, 0.25) is 0 Å². The molecule has 0 saturated carbocycles. The first-order valence-corrected chi connectivity index (χ1v) is 8.80. The van der Waals surface area contributed by atoms with Crippen molar-refractivity contribution in [3.63, 3.8) is 0 Å². The second-order valence-electron chi connectivity index (χ2n) is 7.31. The number of amides is 1. The van der Waals surface area contributed by atoms with Gasteiger partial charge in [-0.1, -0.05) is 12.1 Å². The van der Waals surface area contributed by atoms with Gasteiger partial charge in [0.1, 0.15) is 5.82 Å². The number of nitrogens with zero attached hydrogens (tertiary/aromatic N) is 3. The summed E-state index contributed by atoms with van der Waals surface area (Å²) in [6.07, 6.45) is 6.26. The van der Waals surface area contributed by atoms with Gasteiger partial charge in [0.15, 0.2) is 0 Å². The molecule has 0 aliphatic carbocycles. The SMILES string of the molecule is Cn1cc([C@H]2CC(=O)NC23CCN(Cc2cccc(F)c2)CC3)cn1. The standard InChI is InChI=1S/C19H23FN4O/c1-23-13-15(11-21-23)17-10-18(25)22-19(17)5-7-24(8-6-19)12-14-3-2-4-16(20)9-14/h2-4,9,11,13,17H,5-8,10,12H2,1H3,(H,22,25)/t17-/m1/s1. The molecule has 4 rings (SSSR count). The van der Waals surface area contributed by atoms with Gasteiger partial charge in [0.2, 0.25) is 5.91 Å². The van der Waals surface area contributed by atoms with Crippen molar-refractivity contribution in [3.8, 4) is 0 Å². The van der Waals surface area contributed by atoms with E-state index in [4.69, 9.17) is 0 Å². The van der Waals surface area contributed by atoms with E-state index in [0.29, 0.717) is 6.42 Å². The molecule has 2 aliphatic heterocycles. The number of aromatic nitrogens is 2. The van der Waals surface area contributed by atoms with Gasteiger partial charge in [-0.15, -0.1) is 0 Å². The number of halogens is 1. The molecular formula is C19H23FN4O. The van der Waals surface area contributed by atoms with E-state index in [9.17, 15) is 9.18 Å². The van der Waals surface area contributed by atoms with Crippen molar-refractivity contribution in [1.82, 2.24) is 20.0 Å². The summed E-state index contributed by atoms with van der Waals surface area (Å²) in [4.78, 5) is 14.5. The van der Waals surface area contributed by atoms with Gasteiger partial charge in [-0.3, -0.25) is 14.4 Å². The van der Waals surface area contributed by atoms with Crippen LogP contribution in [0.4, 0.5) is 4.39 Å². The lowest BCUT2D eigenvalue weighted by Gasteiger charge is -2.42. The fourth-order valence-corrected chi connectivity index (χ4v) is 4.33. The molecule has 1 N–H and O–H groups in total. The zero-order valence-electron chi connectivity index (χ0n) is 14.4. The molecule has 0 radical (unpaired) electrons. The summed E-state index contributed by atoms with van der Waals surface area (Å²) < 4.78 is 15.2. The number of piperidine rings is 1. The highest BCUT2D eigenvalue weighted by Crippen LogP contribution is 2.43. The lowest BCUT2D eigenvalue weighted by molar-refractivity contribution is -0.120. The number of rotatable bonds is 3. The number of nitrogens with one attached hydrogen (secondary N) is 1. The highest BCUT2D eigenvalue weighted by Gasteiger charge is 2.48. The van der Waals surface area contributed by atoms with Crippen LogP contribution >= 0.6 is 0 Å². The maximum Gasteiger partial charge on any atom is 0.221 e. The van der Waals surface area contributed by atoms with E-state index < -0.39 is 0 Å². The molecule has 6 heteroatoms. The molecule has 1 spiro atoms. The Kier molecular flexibility index (Phi) is 4.07. The number of benzene rings is 1. The average Bonchev–Trinajstić information content (AvgIpc) is 3.13. The predicted molar refractivity (Wildman–Crippen MR) is 92.4 cm³/mol. The second-order valence-corrected chi connectivity index (χ2v) is 7.31. The third-order valence-corrected chi connectivity index (χ3v) is 5.62. The van der Waals surface area contributed by atoms with E-state index in [1.165, 1.54) is 6.07 Å². The molecule has 1 aromatic heterocycles. The molecule has 132 valence electrons. The van der Waals surface area contributed by atoms with Gasteiger partial charge in [0.25, 0.3) is 0 Å². The highest BCUT2D eigenvalue weighted by molar-refractivity contribution is 5.81. The van der Waals surface area contributed by atoms with Crippen molar-refractivity contribution in [3.05, 3.63) is 53.6 Å². The Morgan fingerprint density at radius 1 is 1.36 bits per heavy atom. The second kappa shape index (κ2) is 6.26. The topological polar surface area (TPSA) is 50.2 Å². The fraction of sp³-hybridized carbons (Fsp3) is 0.474. The summed E-state index contributed by atoms with van der Waals surface area (Å²) in [5.74, 6) is 0.128. The first kappa shape index (κ1) is 16.3. The van der Waals surface area contributed by atoms with Crippen molar-refractivity contribution in [1.29, 1.82) is 0 Å². The van der Waals surface area contributed by atoms with Crippen LogP contribution in [0.3, 0.4) is 0 Å². The monoisotopic (exact) mass is 342 g/mol. The number of carbonyl (C=O) groups is 1. The number of hydrogen-bond acceptors (Lipinski definition) is 3. The Morgan fingerprint density at radius 3 is 2.84 bits per heavy atom. The van der Waals surface area contributed by atoms with Crippen LogP contribution in [-0.4, -0.2) is 39.2 Å². The first-order chi connectivity index (χ1) is 12.0. The zero-order valence-corrected chi connectivity index (χ0v) is 14.4. The van der Waals surface area contributed by atoms with Crippen molar-refractivity contribution < 1.29 is 9.18 Å². The van der Waals surface area contributed by atoms with Crippen LogP contribution in [0.5, 0.6) is 0 Å². The Hall–Kier alpha value is -2.21. The van der Waals surface area contributed by atoms with Crippen LogP contribution in [0.25, 0.3) is 0 Å². The minimum atomic E-state index is -0.189. The minimum Gasteiger partial charge on any atom is -0.350 e. The van der Waals surface area contributed by atoms with Crippen molar-refractivity contribution in [2.75, 3.05) is 13.1 Å². The average molecular weight is 342 g/mol. The molecule has 0 bridgehead atoms. The van der Waals surface area contributed by atoms with Gasteiger partial charge >= 0.3 is 0 Å². The van der Waals surface area contributed by atoms with Gasteiger partial charge < -0.3 is 5.32 Å². The molecule has 1 amide bonds. The van der Waals surface area contributed by atoms with Crippen LogP contribution in [-0.2, 0) is 18.4 Å². The van der Waals surface area contributed by atoms with E-state index in [-0.39, 0.29) is 23.2 Å². The summed E-state index contributed by atoms with van der Waals surface area (Å²) in [5, 5.41) is 7.53. The molecule has 1 aromatic carbocycles. The van der Waals surface area contributed by atoms with Crippen molar-refractivity contribution in [2.45, 2.75) is 37.3 Å². The largest absolute Gasteiger partial charge is 0.350 e. The number of aryl methyl sites for hydroxylation is 1. The lowest BCUT2D eigenvalue weighted by Crippen LogP contribution is -2.53. The van der Waals surface area contributed by atoms with E-state index in [1.54, 1.807) is 16.8 Å². The fourth-order valence-electron chi connectivity index (χ4n) is 4.33. The Balaban J connectivity index is 1.46. The van der Waals surface area contributed by atoms with Crippen LogP contribution in [0, 0.1) is 5.82 Å². The van der Waals surface area contributed by atoms with Gasteiger partial charge in [0.05, 0.1) is 6.20 Å². The summed E-state index contributed by atoms with van der Waals surface area (Å²) in [5.41, 5.74) is 1.97. The Morgan fingerprint density at radius 2 is 2.16 bits per heavy atom. The lowest BCUT2D eigenvalue weighted by atomic mass is 9.75. The normalized spacial score (nSPS) is 23.1. The minimum absolute atomic E-state index is 0.132. The molecule has 2 aliphatic rings. The third kappa shape index (κ3) is 3.18. The third-order valence-electron chi connectivity index (χ3n) is 5.62. The van der Waals surface area contributed by atoms with Crippen LogP contribution in [0.1, 0.15) is 36.3 Å². The van der Waals surface area contributed by atoms with E-state index in [1.807, 2.05) is 25.5 Å². The Labute approximate surface area is 146 Å². The molecule has 25 heavy (non-hydrogen) atoms. The molecule has 2 saturated heterocycles. The maximum absolute atomic E-state index is 13.4. The molecule has 1 atom stereocenters. The molecule has 5 nitrogen and oxygen atoms in total. The summed E-state index contributed by atoms with van der Waals surface area (Å²) in [7, 11) is 1.90. The summed E-state index contributed by atoms with van der Waals surface area (Å²) in [6.45, 7) is 2.54. The molecular weight excluding hydrogens is 319 g/mol. The first-order valence-electron chi connectivity index (χ1n) is 8.80. The number of hydrogen-bond donors (Lipinski definition) is 1. The smallest absolute Gasteiger partial charge is 0.221 e. The Bertz CT molecular complexity index is 779. The molecule has 2 aromatic rings. The van der Waals surface area contributed by atoms with Crippen molar-refractivity contribution >= 4 is 5.91 Å². The number of carbonyl (C=O) groups excluding carboxylic acids is 1. The zero-order chi connectivity index (χ0) is 17.4. The summed E-state index contributed by atoms with van der Waals surface area (Å²) in [6, 6.07) is 6.79. The van der Waals surface area contributed by atoms with Gasteiger partial charge in [-0.05, 0) is 36.1 Å².